The summed E-state index contributed by atoms with van der Waals surface area (Å²) >= 11 is 0. The molecule has 0 spiro atoms. The summed E-state index contributed by atoms with van der Waals surface area (Å²) in [6.07, 6.45) is 1.59. The van der Waals surface area contributed by atoms with Crippen LogP contribution in [-0.4, -0.2) is 45.2 Å². The number of hydrogen-bond acceptors (Lipinski definition) is 5. The highest BCUT2D eigenvalue weighted by Crippen LogP contribution is 2.26. The normalized spacial score (nSPS) is 11.1. The zero-order valence-electron chi connectivity index (χ0n) is 19.2. The first-order valence-electron chi connectivity index (χ1n) is 10.9. The van der Waals surface area contributed by atoms with E-state index in [0.717, 1.165) is 11.1 Å². The van der Waals surface area contributed by atoms with Crippen molar-refractivity contribution in [3.63, 3.8) is 0 Å². The quantitative estimate of drug-likeness (QED) is 0.376. The fourth-order valence-electron chi connectivity index (χ4n) is 3.59. The Morgan fingerprint density at radius 2 is 1.79 bits per heavy atom. The Labute approximate surface area is 196 Å². The molecule has 4 rings (SSSR count). The molecule has 0 aliphatic rings. The Balaban J connectivity index is 1.55. The monoisotopic (exact) mass is 460 g/mol. The number of fused-ring (bicyclic) bond motifs is 1. The predicted octanol–water partition coefficient (Wildman–Crippen LogP) is 4.63. The number of rotatable bonds is 7. The highest BCUT2D eigenvalue weighted by Gasteiger charge is 2.21. The van der Waals surface area contributed by atoms with Crippen molar-refractivity contribution < 1.29 is 18.7 Å². The van der Waals surface area contributed by atoms with Gasteiger partial charge >= 0.3 is 5.97 Å². The van der Waals surface area contributed by atoms with Gasteiger partial charge in [-0.25, -0.2) is 18.9 Å². The average molecular weight is 461 g/mol. The van der Waals surface area contributed by atoms with Gasteiger partial charge in [0, 0.05) is 25.2 Å². The van der Waals surface area contributed by atoms with Gasteiger partial charge in [-0.2, -0.15) is 5.10 Å². The van der Waals surface area contributed by atoms with Crippen LogP contribution in [0.2, 0.25) is 0 Å². The summed E-state index contributed by atoms with van der Waals surface area (Å²) in [5.41, 5.74) is 3.10. The molecule has 4 aromatic rings. The molecule has 0 aliphatic heterocycles. The summed E-state index contributed by atoms with van der Waals surface area (Å²) in [6.45, 7) is 3.82. The van der Waals surface area contributed by atoms with Gasteiger partial charge in [0.2, 0.25) is 0 Å². The number of esters is 1. The van der Waals surface area contributed by atoms with Crippen LogP contribution in [0.1, 0.15) is 35.8 Å². The van der Waals surface area contributed by atoms with Crippen molar-refractivity contribution in [1.29, 1.82) is 0 Å². The van der Waals surface area contributed by atoms with Gasteiger partial charge in [-0.15, -0.1) is 0 Å². The lowest BCUT2D eigenvalue weighted by Crippen LogP contribution is -2.30. The van der Waals surface area contributed by atoms with Crippen LogP contribution in [0.25, 0.3) is 22.3 Å². The number of benzene rings is 2. The number of pyridine rings is 1. The van der Waals surface area contributed by atoms with Gasteiger partial charge in [0.15, 0.2) is 12.3 Å². The number of aromatic nitrogens is 3. The first-order valence-corrected chi connectivity index (χ1v) is 10.9. The van der Waals surface area contributed by atoms with E-state index in [1.54, 1.807) is 36.1 Å². The molecule has 0 N–H and O–H groups in total. The number of ether oxygens (including phenoxy) is 1. The first-order chi connectivity index (χ1) is 16.3. The van der Waals surface area contributed by atoms with Crippen LogP contribution in [0.3, 0.4) is 0 Å². The van der Waals surface area contributed by atoms with Gasteiger partial charge in [0.1, 0.15) is 5.82 Å². The topological polar surface area (TPSA) is 77.3 Å². The van der Waals surface area contributed by atoms with E-state index in [0.29, 0.717) is 22.3 Å². The summed E-state index contributed by atoms with van der Waals surface area (Å²) in [6, 6.07) is 17.1. The molecule has 34 heavy (non-hydrogen) atoms. The maximum atomic E-state index is 13.1. The van der Waals surface area contributed by atoms with E-state index in [1.807, 2.05) is 44.2 Å². The Morgan fingerprint density at radius 1 is 1.09 bits per heavy atom. The zero-order valence-corrected chi connectivity index (χ0v) is 19.2. The van der Waals surface area contributed by atoms with Gasteiger partial charge in [-0.05, 0) is 37.6 Å². The fourth-order valence-corrected chi connectivity index (χ4v) is 3.59. The lowest BCUT2D eigenvalue weighted by molar-refractivity contribution is -0.133. The number of carbonyl (C=O) groups excluding carboxylic acids is 2. The van der Waals surface area contributed by atoms with Crippen LogP contribution in [0.15, 0.2) is 66.9 Å². The molecule has 2 heterocycles. The van der Waals surface area contributed by atoms with Gasteiger partial charge in [-0.3, -0.25) is 4.79 Å². The fraction of sp³-hybridized carbons (Fsp3) is 0.231. The Hall–Kier alpha value is -4.07. The standard InChI is InChI=1S/C26H25FN4O3/c1-17(2)31-25-22(14-28-31)21(13-23(29-25)19-7-5-4-6-8-19)26(33)34-16-24(32)30(3)15-18-9-11-20(27)12-10-18/h4-14,17H,15-16H2,1-3H3. The summed E-state index contributed by atoms with van der Waals surface area (Å²) in [7, 11) is 1.60. The molecule has 7 nitrogen and oxygen atoms in total. The maximum absolute atomic E-state index is 13.1. The van der Waals surface area contributed by atoms with E-state index in [2.05, 4.69) is 5.10 Å². The number of halogens is 1. The molecule has 174 valence electrons. The van der Waals surface area contributed by atoms with E-state index < -0.39 is 12.6 Å². The van der Waals surface area contributed by atoms with Crippen LogP contribution >= 0.6 is 0 Å². The minimum atomic E-state index is -0.628. The van der Waals surface area contributed by atoms with Gasteiger partial charge in [0.05, 0.1) is 22.8 Å². The van der Waals surface area contributed by atoms with Crippen molar-refractivity contribution in [2.45, 2.75) is 26.4 Å². The molecule has 0 atom stereocenters. The van der Waals surface area contributed by atoms with Gasteiger partial charge in [0.25, 0.3) is 5.91 Å². The second kappa shape index (κ2) is 9.82. The molecule has 2 aromatic carbocycles. The number of likely N-dealkylation sites (N-methyl/N-ethyl adjacent to an activating group) is 1. The van der Waals surface area contributed by atoms with Crippen LogP contribution in [0, 0.1) is 5.82 Å². The Kier molecular flexibility index (Phi) is 6.67. The van der Waals surface area contributed by atoms with Gasteiger partial charge in [-0.1, -0.05) is 42.5 Å². The maximum Gasteiger partial charge on any atom is 0.339 e. The molecule has 0 aliphatic carbocycles. The van der Waals surface area contributed by atoms with E-state index in [-0.39, 0.29) is 24.3 Å². The third-order valence-electron chi connectivity index (χ3n) is 5.43. The summed E-state index contributed by atoms with van der Waals surface area (Å²) in [4.78, 5) is 31.7. The number of hydrogen-bond donors (Lipinski definition) is 0. The summed E-state index contributed by atoms with van der Waals surface area (Å²) in [5, 5.41) is 4.95. The van der Waals surface area contributed by atoms with E-state index in [1.165, 1.54) is 17.0 Å². The zero-order chi connectivity index (χ0) is 24.2. The second-order valence-corrected chi connectivity index (χ2v) is 8.29. The molecule has 2 aromatic heterocycles. The Bertz CT molecular complexity index is 1320. The van der Waals surface area contributed by atoms with Crippen molar-refractivity contribution in [1.82, 2.24) is 19.7 Å². The Morgan fingerprint density at radius 3 is 2.47 bits per heavy atom. The SMILES string of the molecule is CC(C)n1ncc2c(C(=O)OCC(=O)N(C)Cc3ccc(F)cc3)cc(-c3ccccc3)nc21. The molecule has 0 fully saturated rings. The van der Waals surface area contributed by atoms with Crippen molar-refractivity contribution in [2.24, 2.45) is 0 Å². The minimum Gasteiger partial charge on any atom is -0.452 e. The average Bonchev–Trinajstić information content (AvgIpc) is 3.28. The van der Waals surface area contributed by atoms with Crippen molar-refractivity contribution in [3.8, 4) is 11.3 Å². The predicted molar refractivity (Wildman–Crippen MR) is 127 cm³/mol. The molecule has 0 radical (unpaired) electrons. The molecular weight excluding hydrogens is 435 g/mol. The third kappa shape index (κ3) is 4.96. The molecule has 8 heteroatoms. The van der Waals surface area contributed by atoms with Crippen molar-refractivity contribution in [2.75, 3.05) is 13.7 Å². The summed E-state index contributed by atoms with van der Waals surface area (Å²) < 4.78 is 20.2. The van der Waals surface area contributed by atoms with Crippen LogP contribution in [0.5, 0.6) is 0 Å². The molecular formula is C26H25FN4O3. The molecule has 0 saturated heterocycles. The molecule has 0 bridgehead atoms. The smallest absolute Gasteiger partial charge is 0.339 e. The van der Waals surface area contributed by atoms with Crippen molar-refractivity contribution >= 4 is 22.9 Å². The molecule has 0 unspecified atom stereocenters. The van der Waals surface area contributed by atoms with Gasteiger partial charge < -0.3 is 9.64 Å². The number of amides is 1. The lowest BCUT2D eigenvalue weighted by atomic mass is 10.1. The molecule has 0 saturated carbocycles. The number of nitrogens with zero attached hydrogens (tertiary/aromatic N) is 4. The second-order valence-electron chi connectivity index (χ2n) is 8.29. The van der Waals surface area contributed by atoms with Crippen LogP contribution in [0.4, 0.5) is 4.39 Å². The summed E-state index contributed by atoms with van der Waals surface area (Å²) in [5.74, 6) is -1.34. The van der Waals surface area contributed by atoms with Crippen LogP contribution in [-0.2, 0) is 16.1 Å². The van der Waals surface area contributed by atoms with Crippen LogP contribution < -0.4 is 0 Å². The highest BCUT2D eigenvalue weighted by atomic mass is 19.1. The molecule has 1 amide bonds. The largest absolute Gasteiger partial charge is 0.452 e. The van der Waals surface area contributed by atoms with Crippen molar-refractivity contribution in [3.05, 3.63) is 83.8 Å². The lowest BCUT2D eigenvalue weighted by Gasteiger charge is -2.17. The number of carbonyl (C=O) groups is 2. The first kappa shape index (κ1) is 23.1. The highest BCUT2D eigenvalue weighted by molar-refractivity contribution is 6.04. The minimum absolute atomic E-state index is 0.0431. The van der Waals surface area contributed by atoms with E-state index >= 15 is 0 Å². The van der Waals surface area contributed by atoms with E-state index in [4.69, 9.17) is 9.72 Å². The third-order valence-corrected chi connectivity index (χ3v) is 5.43. The van der Waals surface area contributed by atoms with E-state index in [9.17, 15) is 14.0 Å².